The second-order valence-corrected chi connectivity index (χ2v) is 5.36. The minimum atomic E-state index is 0.528. The fourth-order valence-electron chi connectivity index (χ4n) is 2.06. The van der Waals surface area contributed by atoms with Crippen LogP contribution >= 0.6 is 0 Å². The van der Waals surface area contributed by atoms with Crippen LogP contribution in [0.15, 0.2) is 48.5 Å². The van der Waals surface area contributed by atoms with Crippen LogP contribution < -0.4 is 0 Å². The molecular weight excluding hydrogens is 242 g/mol. The van der Waals surface area contributed by atoms with Gasteiger partial charge in [0.2, 0.25) is 0 Å². The van der Waals surface area contributed by atoms with Crippen molar-refractivity contribution in [2.75, 3.05) is 0 Å². The smallest absolute Gasteiger partial charge is 0.0998 e. The zero-order chi connectivity index (χ0) is 14.5. The molecule has 0 aliphatic carbocycles. The van der Waals surface area contributed by atoms with Crippen molar-refractivity contribution in [3.05, 3.63) is 70.8 Å². The summed E-state index contributed by atoms with van der Waals surface area (Å²) in [7, 11) is 0. The highest BCUT2D eigenvalue weighted by Crippen LogP contribution is 2.20. The Morgan fingerprint density at radius 2 is 1.60 bits per heavy atom. The molecule has 2 aromatic carbocycles. The summed E-state index contributed by atoms with van der Waals surface area (Å²) in [5.41, 5.74) is 5.24. The topological polar surface area (TPSA) is 23.8 Å². The number of benzene rings is 2. The van der Waals surface area contributed by atoms with Crippen molar-refractivity contribution in [3.63, 3.8) is 0 Å². The van der Waals surface area contributed by atoms with E-state index in [0.717, 1.165) is 11.1 Å². The third-order valence-corrected chi connectivity index (χ3v) is 3.40. The molecule has 0 amide bonds. The van der Waals surface area contributed by atoms with Gasteiger partial charge in [-0.3, -0.25) is 0 Å². The normalized spacial score (nSPS) is 11.4. The summed E-state index contributed by atoms with van der Waals surface area (Å²) in [6.07, 6.45) is 1.94. The first kappa shape index (κ1) is 14.1. The first-order valence-corrected chi connectivity index (χ1v) is 6.89. The van der Waals surface area contributed by atoms with Crippen LogP contribution in [-0.2, 0) is 0 Å². The van der Waals surface area contributed by atoms with Crippen molar-refractivity contribution in [3.8, 4) is 6.07 Å². The van der Waals surface area contributed by atoms with Gasteiger partial charge >= 0.3 is 0 Å². The van der Waals surface area contributed by atoms with Crippen LogP contribution in [0.3, 0.4) is 0 Å². The summed E-state index contributed by atoms with van der Waals surface area (Å²) in [6, 6.07) is 18.7. The molecule has 0 saturated heterocycles. The van der Waals surface area contributed by atoms with E-state index in [0.29, 0.717) is 11.5 Å². The lowest BCUT2D eigenvalue weighted by Crippen LogP contribution is -1.87. The quantitative estimate of drug-likeness (QED) is 0.551. The van der Waals surface area contributed by atoms with Gasteiger partial charge in [-0.2, -0.15) is 5.26 Å². The molecule has 0 N–H and O–H groups in total. The van der Waals surface area contributed by atoms with Crippen molar-refractivity contribution in [2.24, 2.45) is 0 Å². The van der Waals surface area contributed by atoms with Gasteiger partial charge in [-0.15, -0.1) is 0 Å². The van der Waals surface area contributed by atoms with Gasteiger partial charge in [0.15, 0.2) is 0 Å². The van der Waals surface area contributed by atoms with Gasteiger partial charge in [0.1, 0.15) is 0 Å². The second-order valence-electron chi connectivity index (χ2n) is 5.36. The molecule has 0 spiro atoms. The van der Waals surface area contributed by atoms with E-state index in [1.165, 1.54) is 11.1 Å². The number of hydrogen-bond acceptors (Lipinski definition) is 1. The van der Waals surface area contributed by atoms with Crippen molar-refractivity contribution < 1.29 is 0 Å². The van der Waals surface area contributed by atoms with Gasteiger partial charge in [-0.25, -0.2) is 0 Å². The monoisotopic (exact) mass is 261 g/mol. The Labute approximate surface area is 121 Å². The van der Waals surface area contributed by atoms with Crippen molar-refractivity contribution in [1.82, 2.24) is 0 Å². The lowest BCUT2D eigenvalue weighted by molar-refractivity contribution is 0.866. The van der Waals surface area contributed by atoms with Crippen LogP contribution in [0.4, 0.5) is 0 Å². The largest absolute Gasteiger partial charge is 0.192 e. The van der Waals surface area contributed by atoms with E-state index < -0.39 is 0 Å². The molecule has 0 saturated carbocycles. The van der Waals surface area contributed by atoms with E-state index in [-0.39, 0.29) is 0 Å². The molecule has 0 unspecified atom stereocenters. The molecule has 20 heavy (non-hydrogen) atoms. The van der Waals surface area contributed by atoms with Gasteiger partial charge in [0.05, 0.1) is 11.6 Å². The lowest BCUT2D eigenvalue weighted by Gasteiger charge is -2.05. The fourth-order valence-corrected chi connectivity index (χ4v) is 2.06. The Kier molecular flexibility index (Phi) is 4.38. The van der Waals surface area contributed by atoms with E-state index in [1.54, 1.807) is 0 Å². The molecule has 0 atom stereocenters. The molecule has 2 aromatic rings. The molecule has 0 bridgehead atoms. The molecule has 0 heterocycles. The molecule has 0 aromatic heterocycles. The van der Waals surface area contributed by atoms with Crippen LogP contribution in [0.1, 0.15) is 42.0 Å². The predicted molar refractivity (Wildman–Crippen MR) is 85.2 cm³/mol. The number of nitrogens with zero attached hydrogens (tertiary/aromatic N) is 1. The second kappa shape index (κ2) is 6.21. The van der Waals surface area contributed by atoms with Gasteiger partial charge in [0, 0.05) is 0 Å². The first-order valence-electron chi connectivity index (χ1n) is 6.89. The van der Waals surface area contributed by atoms with E-state index in [1.807, 2.05) is 37.3 Å². The summed E-state index contributed by atoms with van der Waals surface area (Å²) in [5, 5.41) is 9.33. The number of hydrogen-bond donors (Lipinski definition) is 0. The van der Waals surface area contributed by atoms with Gasteiger partial charge < -0.3 is 0 Å². The van der Waals surface area contributed by atoms with Gasteiger partial charge in [-0.05, 0) is 35.6 Å². The maximum absolute atomic E-state index is 9.33. The summed E-state index contributed by atoms with van der Waals surface area (Å²) >= 11 is 0. The third kappa shape index (κ3) is 3.36. The highest BCUT2D eigenvalue weighted by Gasteiger charge is 2.02. The standard InChI is InChI=1S/C19H19N/c1-14(2)17-10-6-16(7-11-17)12-19(13-20)18-8-4-15(3)5-9-18/h4-12,14H,1-3H3/b19-12-. The zero-order valence-electron chi connectivity index (χ0n) is 12.2. The highest BCUT2D eigenvalue weighted by molar-refractivity contribution is 5.89. The minimum absolute atomic E-state index is 0.528. The number of rotatable bonds is 3. The minimum Gasteiger partial charge on any atom is -0.192 e. The molecule has 2 rings (SSSR count). The van der Waals surface area contributed by atoms with Crippen molar-refractivity contribution in [1.29, 1.82) is 5.26 Å². The molecule has 0 radical (unpaired) electrons. The average molecular weight is 261 g/mol. The number of allylic oxidation sites excluding steroid dienone is 1. The van der Waals surface area contributed by atoms with Crippen LogP contribution in [0.25, 0.3) is 11.6 Å². The summed E-state index contributed by atoms with van der Waals surface area (Å²) in [6.45, 7) is 6.40. The Balaban J connectivity index is 2.31. The summed E-state index contributed by atoms with van der Waals surface area (Å²) in [4.78, 5) is 0. The van der Waals surface area contributed by atoms with E-state index in [4.69, 9.17) is 0 Å². The average Bonchev–Trinajstić information content (AvgIpc) is 2.46. The first-order chi connectivity index (χ1) is 9.60. The number of nitriles is 1. The molecule has 0 fully saturated rings. The highest BCUT2D eigenvalue weighted by atomic mass is 14.2. The van der Waals surface area contributed by atoms with E-state index in [9.17, 15) is 5.26 Å². The Hall–Kier alpha value is -2.33. The fraction of sp³-hybridized carbons (Fsp3) is 0.211. The lowest BCUT2D eigenvalue weighted by atomic mass is 9.99. The summed E-state index contributed by atoms with van der Waals surface area (Å²) in [5.74, 6) is 0.528. The van der Waals surface area contributed by atoms with Gasteiger partial charge in [-0.1, -0.05) is 67.9 Å². The molecule has 0 aliphatic heterocycles. The summed E-state index contributed by atoms with van der Waals surface area (Å²) < 4.78 is 0. The molecule has 0 aliphatic rings. The Morgan fingerprint density at radius 3 is 2.10 bits per heavy atom. The molecular formula is C19H19N. The van der Waals surface area contributed by atoms with Crippen LogP contribution in [0.2, 0.25) is 0 Å². The van der Waals surface area contributed by atoms with Gasteiger partial charge in [0.25, 0.3) is 0 Å². The van der Waals surface area contributed by atoms with Crippen molar-refractivity contribution in [2.45, 2.75) is 26.7 Å². The Morgan fingerprint density at radius 1 is 1.00 bits per heavy atom. The predicted octanol–water partition coefficient (Wildman–Crippen LogP) is 5.18. The maximum atomic E-state index is 9.33. The number of aryl methyl sites for hydroxylation is 1. The Bertz CT molecular complexity index is 638. The zero-order valence-corrected chi connectivity index (χ0v) is 12.2. The van der Waals surface area contributed by atoms with Crippen LogP contribution in [-0.4, -0.2) is 0 Å². The molecule has 1 nitrogen and oxygen atoms in total. The van der Waals surface area contributed by atoms with E-state index >= 15 is 0 Å². The molecule has 1 heteroatoms. The van der Waals surface area contributed by atoms with Crippen LogP contribution in [0, 0.1) is 18.3 Å². The van der Waals surface area contributed by atoms with Crippen molar-refractivity contribution >= 4 is 11.6 Å². The van der Waals surface area contributed by atoms with E-state index in [2.05, 4.69) is 44.2 Å². The SMILES string of the molecule is Cc1ccc(/C(C#N)=C\c2ccc(C(C)C)cc2)cc1. The third-order valence-electron chi connectivity index (χ3n) is 3.40. The molecule has 100 valence electrons. The maximum Gasteiger partial charge on any atom is 0.0998 e. The van der Waals surface area contributed by atoms with Crippen LogP contribution in [0.5, 0.6) is 0 Å².